The molecule has 0 bridgehead atoms. The van der Waals surface area contributed by atoms with E-state index in [-0.39, 0.29) is 19.2 Å². The summed E-state index contributed by atoms with van der Waals surface area (Å²) in [4.78, 5) is 23.8. The van der Waals surface area contributed by atoms with Crippen molar-refractivity contribution in [1.29, 1.82) is 0 Å². The van der Waals surface area contributed by atoms with Crippen LogP contribution in [0.3, 0.4) is 0 Å². The minimum Gasteiger partial charge on any atom is -0.480 e. The summed E-state index contributed by atoms with van der Waals surface area (Å²) in [6.07, 6.45) is 2.93. The lowest BCUT2D eigenvalue weighted by Gasteiger charge is -2.37. The van der Waals surface area contributed by atoms with E-state index in [1.165, 1.54) is 11.8 Å². The molecule has 0 aromatic rings. The fraction of sp³-hybridized carbons (Fsp3) is 0.800. The number of nitrogens with one attached hydrogen (secondary N) is 1. The Hall–Kier alpha value is -1.30. The quantitative estimate of drug-likeness (QED) is 0.621. The Morgan fingerprint density at radius 1 is 1.50 bits per heavy atom. The molecule has 16 heavy (non-hydrogen) atoms. The van der Waals surface area contributed by atoms with E-state index in [1.54, 1.807) is 0 Å². The number of carboxylic acids is 1. The number of urea groups is 1. The molecule has 1 atom stereocenters. The first-order valence-corrected chi connectivity index (χ1v) is 5.47. The first-order valence-electron chi connectivity index (χ1n) is 5.47. The Morgan fingerprint density at radius 3 is 2.50 bits per heavy atom. The number of carbonyl (C=O) groups is 2. The number of aliphatic hydroxyl groups excluding tert-OH is 1. The van der Waals surface area contributed by atoms with Crippen LogP contribution in [0.4, 0.5) is 4.79 Å². The minimum atomic E-state index is -1.06. The van der Waals surface area contributed by atoms with Gasteiger partial charge in [-0.3, -0.25) is 4.79 Å². The minimum absolute atomic E-state index is 0.106. The number of amides is 2. The Labute approximate surface area is 94.2 Å². The molecule has 0 saturated heterocycles. The molecule has 1 aliphatic carbocycles. The lowest BCUT2D eigenvalue weighted by atomic mass is 9.91. The summed E-state index contributed by atoms with van der Waals surface area (Å²) in [5.41, 5.74) is 0. The summed E-state index contributed by atoms with van der Waals surface area (Å²) < 4.78 is 0. The molecule has 1 unspecified atom stereocenters. The number of rotatable bonds is 5. The molecule has 2 amide bonds. The lowest BCUT2D eigenvalue weighted by molar-refractivity contribution is -0.138. The van der Waals surface area contributed by atoms with Gasteiger partial charge >= 0.3 is 12.0 Å². The molecule has 6 nitrogen and oxygen atoms in total. The van der Waals surface area contributed by atoms with Crippen molar-refractivity contribution in [3.8, 4) is 0 Å². The predicted octanol–water partition coefficient (Wildman–Crippen LogP) is 0.0159. The van der Waals surface area contributed by atoms with Crippen molar-refractivity contribution in [2.45, 2.75) is 38.3 Å². The van der Waals surface area contributed by atoms with Gasteiger partial charge in [-0.15, -0.1) is 0 Å². The Bertz CT molecular complexity index is 266. The van der Waals surface area contributed by atoms with E-state index < -0.39 is 18.0 Å². The first kappa shape index (κ1) is 12.8. The van der Waals surface area contributed by atoms with Crippen LogP contribution in [0.2, 0.25) is 0 Å². The smallest absolute Gasteiger partial charge is 0.325 e. The molecular formula is C10H18N2O4. The highest BCUT2D eigenvalue weighted by Gasteiger charge is 2.29. The zero-order valence-corrected chi connectivity index (χ0v) is 9.35. The molecule has 0 aromatic carbocycles. The van der Waals surface area contributed by atoms with Gasteiger partial charge in [-0.25, -0.2) is 4.79 Å². The molecule has 0 heterocycles. The third-order valence-corrected chi connectivity index (χ3v) is 2.83. The van der Waals surface area contributed by atoms with Gasteiger partial charge in [-0.1, -0.05) is 0 Å². The number of carbonyl (C=O) groups excluding carboxylic acids is 1. The van der Waals surface area contributed by atoms with E-state index in [0.717, 1.165) is 19.3 Å². The van der Waals surface area contributed by atoms with Gasteiger partial charge < -0.3 is 20.4 Å². The van der Waals surface area contributed by atoms with Gasteiger partial charge in [0.1, 0.15) is 6.04 Å². The highest BCUT2D eigenvalue weighted by molar-refractivity contribution is 5.82. The van der Waals surface area contributed by atoms with Crippen LogP contribution in [0.5, 0.6) is 0 Å². The zero-order chi connectivity index (χ0) is 12.1. The Kier molecular flexibility index (Phi) is 4.54. The number of carboxylic acid groups (broad SMARTS) is 1. The summed E-state index contributed by atoms with van der Waals surface area (Å²) in [7, 11) is 0. The highest BCUT2D eigenvalue weighted by Crippen LogP contribution is 2.24. The normalized spacial score (nSPS) is 17.4. The van der Waals surface area contributed by atoms with Crippen molar-refractivity contribution in [3.63, 3.8) is 0 Å². The molecule has 92 valence electrons. The summed E-state index contributed by atoms with van der Waals surface area (Å²) >= 11 is 0. The molecule has 0 aliphatic heterocycles. The maximum atomic E-state index is 11.7. The van der Waals surface area contributed by atoms with Gasteiger partial charge in [0.15, 0.2) is 0 Å². The second-order valence-corrected chi connectivity index (χ2v) is 4.01. The van der Waals surface area contributed by atoms with Crippen LogP contribution in [0, 0.1) is 0 Å². The lowest BCUT2D eigenvalue weighted by Crippen LogP contribution is -2.53. The molecule has 1 fully saturated rings. The molecule has 1 saturated carbocycles. The number of hydrogen-bond acceptors (Lipinski definition) is 3. The second kappa shape index (κ2) is 5.69. The monoisotopic (exact) mass is 230 g/mol. The summed E-state index contributed by atoms with van der Waals surface area (Å²) in [5, 5.41) is 19.9. The molecule has 1 rings (SSSR count). The van der Waals surface area contributed by atoms with Crippen molar-refractivity contribution in [1.82, 2.24) is 10.2 Å². The Morgan fingerprint density at radius 2 is 2.12 bits per heavy atom. The van der Waals surface area contributed by atoms with E-state index >= 15 is 0 Å². The van der Waals surface area contributed by atoms with Gasteiger partial charge in [0, 0.05) is 12.6 Å². The average Bonchev–Trinajstić information content (AvgIpc) is 2.13. The maximum Gasteiger partial charge on any atom is 0.325 e. The molecule has 0 spiro atoms. The molecule has 0 aromatic heterocycles. The average molecular weight is 230 g/mol. The van der Waals surface area contributed by atoms with Crippen molar-refractivity contribution in [2.75, 3.05) is 13.2 Å². The topological polar surface area (TPSA) is 89.9 Å². The van der Waals surface area contributed by atoms with Crippen LogP contribution in [-0.4, -0.2) is 52.3 Å². The van der Waals surface area contributed by atoms with Crippen molar-refractivity contribution in [2.24, 2.45) is 0 Å². The molecule has 0 radical (unpaired) electrons. The highest BCUT2D eigenvalue weighted by atomic mass is 16.4. The van der Waals surface area contributed by atoms with E-state index in [9.17, 15) is 9.59 Å². The van der Waals surface area contributed by atoms with Crippen LogP contribution in [0.1, 0.15) is 26.2 Å². The third-order valence-electron chi connectivity index (χ3n) is 2.83. The fourth-order valence-corrected chi connectivity index (χ4v) is 1.59. The zero-order valence-electron chi connectivity index (χ0n) is 9.35. The van der Waals surface area contributed by atoms with E-state index in [2.05, 4.69) is 5.32 Å². The van der Waals surface area contributed by atoms with Gasteiger partial charge in [0.25, 0.3) is 0 Å². The van der Waals surface area contributed by atoms with Gasteiger partial charge in [-0.2, -0.15) is 0 Å². The van der Waals surface area contributed by atoms with Crippen LogP contribution >= 0.6 is 0 Å². The van der Waals surface area contributed by atoms with E-state index in [1.807, 2.05) is 0 Å². The van der Waals surface area contributed by atoms with Crippen molar-refractivity contribution >= 4 is 12.0 Å². The van der Waals surface area contributed by atoms with Gasteiger partial charge in [-0.05, 0) is 26.2 Å². The van der Waals surface area contributed by atoms with Gasteiger partial charge in [0.05, 0.1) is 6.61 Å². The summed E-state index contributed by atoms with van der Waals surface area (Å²) in [6, 6.07) is -1.17. The number of aliphatic carboxylic acids is 1. The molecule has 1 aliphatic rings. The Balaban J connectivity index is 2.49. The molecule has 6 heteroatoms. The SMILES string of the molecule is CC(NC(=O)N(CCO)C1CCC1)C(=O)O. The molecule has 3 N–H and O–H groups in total. The fourth-order valence-electron chi connectivity index (χ4n) is 1.59. The number of hydrogen-bond donors (Lipinski definition) is 3. The third kappa shape index (κ3) is 3.10. The second-order valence-electron chi connectivity index (χ2n) is 4.01. The summed E-state index contributed by atoms with van der Waals surface area (Å²) in [5.74, 6) is -1.06. The van der Waals surface area contributed by atoms with Crippen LogP contribution < -0.4 is 5.32 Å². The van der Waals surface area contributed by atoms with Gasteiger partial charge in [0.2, 0.25) is 0 Å². The van der Waals surface area contributed by atoms with Crippen LogP contribution in [0.25, 0.3) is 0 Å². The van der Waals surface area contributed by atoms with Crippen molar-refractivity contribution < 1.29 is 19.8 Å². The van der Waals surface area contributed by atoms with Crippen LogP contribution in [0.15, 0.2) is 0 Å². The molecular weight excluding hydrogens is 212 g/mol. The van der Waals surface area contributed by atoms with E-state index in [4.69, 9.17) is 10.2 Å². The van der Waals surface area contributed by atoms with Crippen LogP contribution in [-0.2, 0) is 4.79 Å². The first-order chi connectivity index (χ1) is 7.56. The largest absolute Gasteiger partial charge is 0.480 e. The van der Waals surface area contributed by atoms with Crippen molar-refractivity contribution in [3.05, 3.63) is 0 Å². The standard InChI is InChI=1S/C10H18N2O4/c1-7(9(14)15)11-10(16)12(5-6-13)8-3-2-4-8/h7-8,13H,2-6H2,1H3,(H,11,16)(H,14,15). The number of aliphatic hydroxyl groups is 1. The number of nitrogens with zero attached hydrogens (tertiary/aromatic N) is 1. The maximum absolute atomic E-state index is 11.7. The van der Waals surface area contributed by atoms with E-state index in [0.29, 0.717) is 0 Å². The summed E-state index contributed by atoms with van der Waals surface area (Å²) in [6.45, 7) is 1.56. The predicted molar refractivity (Wildman–Crippen MR) is 57.1 cm³/mol.